The zero-order valence-corrected chi connectivity index (χ0v) is 18.0. The van der Waals surface area contributed by atoms with Crippen molar-refractivity contribution in [2.45, 2.75) is 37.5 Å². The van der Waals surface area contributed by atoms with E-state index in [2.05, 4.69) is 10.3 Å². The molecule has 0 aliphatic carbocycles. The van der Waals surface area contributed by atoms with Gasteiger partial charge in [0.1, 0.15) is 5.03 Å². The number of carbonyl (C=O) groups excluding carboxylic acids is 1. The third-order valence-corrected chi connectivity index (χ3v) is 6.30. The monoisotopic (exact) mass is 450 g/mol. The first-order valence-corrected chi connectivity index (χ1v) is 11.3. The van der Waals surface area contributed by atoms with Crippen molar-refractivity contribution in [3.63, 3.8) is 0 Å². The molecule has 158 valence electrons. The molecule has 30 heavy (non-hydrogen) atoms. The number of amides is 1. The number of pyridine rings is 1. The van der Waals surface area contributed by atoms with Crippen molar-refractivity contribution in [3.8, 4) is 0 Å². The maximum atomic E-state index is 13.0. The van der Waals surface area contributed by atoms with Crippen LogP contribution in [0.2, 0.25) is 0 Å². The fraction of sp³-hybridized carbons (Fsp3) is 0.273. The average Bonchev–Trinajstić information content (AvgIpc) is 3.22. The molecule has 3 rings (SSSR count). The molecule has 1 aromatic carbocycles. The number of nitrogens with one attached hydrogen (secondary N) is 1. The molecule has 3 aromatic rings. The number of aromatic nitrogens is 1. The van der Waals surface area contributed by atoms with Gasteiger partial charge in [-0.2, -0.15) is 13.2 Å². The van der Waals surface area contributed by atoms with E-state index < -0.39 is 11.7 Å². The molecule has 0 radical (unpaired) electrons. The van der Waals surface area contributed by atoms with E-state index in [9.17, 15) is 18.0 Å². The molecule has 1 amide bonds. The number of rotatable bonds is 8. The Morgan fingerprint density at radius 1 is 1.20 bits per heavy atom. The van der Waals surface area contributed by atoms with Gasteiger partial charge in [0, 0.05) is 11.1 Å². The Labute approximate surface area is 181 Å². The fourth-order valence-electron chi connectivity index (χ4n) is 2.97. The largest absolute Gasteiger partial charge is 0.416 e. The number of hydrogen-bond acceptors (Lipinski definition) is 4. The second-order valence-corrected chi connectivity index (χ2v) is 8.89. The van der Waals surface area contributed by atoms with Crippen LogP contribution in [0, 0.1) is 6.92 Å². The molecule has 1 N–H and O–H groups in total. The van der Waals surface area contributed by atoms with E-state index in [1.54, 1.807) is 42.7 Å². The zero-order chi connectivity index (χ0) is 21.6. The van der Waals surface area contributed by atoms with Crippen molar-refractivity contribution in [1.82, 2.24) is 10.3 Å². The number of nitrogens with zero attached hydrogens (tertiary/aromatic N) is 1. The number of alkyl halides is 3. The van der Waals surface area contributed by atoms with E-state index in [0.29, 0.717) is 46.9 Å². The summed E-state index contributed by atoms with van der Waals surface area (Å²) in [6.45, 7) is 2.13. The Balaban J connectivity index is 1.55. The number of benzene rings is 1. The normalized spacial score (nSPS) is 11.5. The maximum Gasteiger partial charge on any atom is 0.416 e. The number of thioether (sulfide) groups is 1. The van der Waals surface area contributed by atoms with Gasteiger partial charge in [0.15, 0.2) is 0 Å². The van der Waals surface area contributed by atoms with Crippen molar-refractivity contribution < 1.29 is 18.0 Å². The van der Waals surface area contributed by atoms with E-state index >= 15 is 0 Å². The molecular weight excluding hydrogens is 429 g/mol. The van der Waals surface area contributed by atoms with Gasteiger partial charge in [-0.1, -0.05) is 17.7 Å². The van der Waals surface area contributed by atoms with Gasteiger partial charge in [-0.25, -0.2) is 4.98 Å². The van der Waals surface area contributed by atoms with E-state index in [1.807, 2.05) is 17.5 Å². The van der Waals surface area contributed by atoms with Crippen LogP contribution >= 0.6 is 23.1 Å². The quantitative estimate of drug-likeness (QED) is 0.332. The molecule has 0 bridgehead atoms. The molecule has 0 aliphatic heterocycles. The maximum absolute atomic E-state index is 13.0. The molecule has 0 unspecified atom stereocenters. The fourth-order valence-corrected chi connectivity index (χ4v) is 4.55. The highest BCUT2D eigenvalue weighted by atomic mass is 32.2. The Morgan fingerprint density at radius 2 is 2.03 bits per heavy atom. The number of aryl methyl sites for hydroxylation is 2. The minimum atomic E-state index is -4.34. The smallest absolute Gasteiger partial charge is 0.347 e. The SMILES string of the molecule is Cc1cc(CCCSc2ncccc2C(=O)NCc2cccs2)cc(C(F)(F)F)c1. The number of thiophene rings is 1. The van der Waals surface area contributed by atoms with E-state index in [-0.39, 0.29) is 5.91 Å². The van der Waals surface area contributed by atoms with E-state index in [4.69, 9.17) is 0 Å². The Kier molecular flexibility index (Phi) is 7.55. The van der Waals surface area contributed by atoms with Gasteiger partial charge in [0.25, 0.3) is 5.91 Å². The number of hydrogen-bond donors (Lipinski definition) is 1. The highest BCUT2D eigenvalue weighted by Gasteiger charge is 2.30. The van der Waals surface area contributed by atoms with Crippen LogP contribution in [-0.2, 0) is 19.1 Å². The Bertz CT molecular complexity index is 988. The predicted octanol–water partition coefficient (Wildman–Crippen LogP) is 6.13. The highest BCUT2D eigenvalue weighted by Crippen LogP contribution is 2.31. The van der Waals surface area contributed by atoms with Gasteiger partial charge in [-0.15, -0.1) is 23.1 Å². The third kappa shape index (κ3) is 6.34. The topological polar surface area (TPSA) is 42.0 Å². The van der Waals surface area contributed by atoms with Crippen molar-refractivity contribution in [2.75, 3.05) is 5.75 Å². The van der Waals surface area contributed by atoms with Crippen LogP contribution in [0.25, 0.3) is 0 Å². The molecule has 2 aromatic heterocycles. The summed E-state index contributed by atoms with van der Waals surface area (Å²) in [7, 11) is 0. The summed E-state index contributed by atoms with van der Waals surface area (Å²) in [5.74, 6) is 0.463. The van der Waals surface area contributed by atoms with Crippen LogP contribution in [-0.4, -0.2) is 16.6 Å². The van der Waals surface area contributed by atoms with Crippen LogP contribution in [0.5, 0.6) is 0 Å². The first-order valence-electron chi connectivity index (χ1n) is 9.39. The van der Waals surface area contributed by atoms with Gasteiger partial charge < -0.3 is 5.32 Å². The summed E-state index contributed by atoms with van der Waals surface area (Å²) in [5, 5.41) is 5.48. The third-order valence-electron chi connectivity index (χ3n) is 4.33. The molecule has 8 heteroatoms. The molecule has 0 saturated heterocycles. The van der Waals surface area contributed by atoms with E-state index in [1.165, 1.54) is 17.8 Å². The minimum Gasteiger partial charge on any atom is -0.347 e. The first-order chi connectivity index (χ1) is 14.3. The average molecular weight is 451 g/mol. The van der Waals surface area contributed by atoms with Gasteiger partial charge >= 0.3 is 6.18 Å². The molecule has 0 spiro atoms. The minimum absolute atomic E-state index is 0.187. The first kappa shape index (κ1) is 22.4. The standard InChI is InChI=1S/C22H21F3N2OS2/c1-15-11-16(13-17(12-15)22(23,24)25)5-3-10-30-21-19(7-2-8-26-21)20(28)27-14-18-6-4-9-29-18/h2,4,6-9,11-13H,3,5,10,14H2,1H3,(H,27,28). The van der Waals surface area contributed by atoms with Crippen LogP contribution in [0.4, 0.5) is 13.2 Å². The zero-order valence-electron chi connectivity index (χ0n) is 16.3. The van der Waals surface area contributed by atoms with Gasteiger partial charge in [0.2, 0.25) is 0 Å². The van der Waals surface area contributed by atoms with Crippen molar-refractivity contribution >= 4 is 29.0 Å². The summed E-state index contributed by atoms with van der Waals surface area (Å²) in [6, 6.07) is 11.5. The molecule has 0 fully saturated rings. The second kappa shape index (κ2) is 10.1. The molecule has 3 nitrogen and oxygen atoms in total. The summed E-state index contributed by atoms with van der Waals surface area (Å²) in [6.07, 6.45) is -1.49. The Morgan fingerprint density at radius 3 is 2.77 bits per heavy atom. The predicted molar refractivity (Wildman–Crippen MR) is 115 cm³/mol. The van der Waals surface area contributed by atoms with Gasteiger partial charge in [-0.05, 0) is 66.8 Å². The van der Waals surface area contributed by atoms with Crippen LogP contribution in [0.1, 0.15) is 38.3 Å². The summed E-state index contributed by atoms with van der Waals surface area (Å²) < 4.78 is 38.9. The molecule has 2 heterocycles. The summed E-state index contributed by atoms with van der Waals surface area (Å²) >= 11 is 3.02. The van der Waals surface area contributed by atoms with Crippen molar-refractivity contribution in [2.24, 2.45) is 0 Å². The lowest BCUT2D eigenvalue weighted by molar-refractivity contribution is -0.137. The number of halogens is 3. The molecule has 0 atom stereocenters. The summed E-state index contributed by atoms with van der Waals surface area (Å²) in [5.41, 5.74) is 1.16. The Hall–Kier alpha value is -2.32. The lowest BCUT2D eigenvalue weighted by atomic mass is 10.0. The number of carbonyl (C=O) groups is 1. The second-order valence-electron chi connectivity index (χ2n) is 6.78. The van der Waals surface area contributed by atoms with Gasteiger partial charge in [-0.3, -0.25) is 4.79 Å². The lowest BCUT2D eigenvalue weighted by Gasteiger charge is -2.11. The summed E-state index contributed by atoms with van der Waals surface area (Å²) in [4.78, 5) is 17.9. The molecule has 0 aliphatic rings. The molecular formula is C22H21F3N2OS2. The van der Waals surface area contributed by atoms with Crippen molar-refractivity contribution in [3.05, 3.63) is 81.2 Å². The van der Waals surface area contributed by atoms with E-state index in [0.717, 1.165) is 10.9 Å². The van der Waals surface area contributed by atoms with Crippen molar-refractivity contribution in [1.29, 1.82) is 0 Å². The highest BCUT2D eigenvalue weighted by molar-refractivity contribution is 7.99. The van der Waals surface area contributed by atoms with Crippen LogP contribution in [0.15, 0.2) is 59.1 Å². The van der Waals surface area contributed by atoms with Gasteiger partial charge in [0.05, 0.1) is 17.7 Å². The molecule has 0 saturated carbocycles. The van der Waals surface area contributed by atoms with Crippen LogP contribution < -0.4 is 5.32 Å². The van der Waals surface area contributed by atoms with Crippen LogP contribution in [0.3, 0.4) is 0 Å². The lowest BCUT2D eigenvalue weighted by Crippen LogP contribution is -2.23.